The lowest BCUT2D eigenvalue weighted by molar-refractivity contribution is -0.144. The summed E-state index contributed by atoms with van der Waals surface area (Å²) in [5.41, 5.74) is 3.85. The van der Waals surface area contributed by atoms with E-state index in [1.807, 2.05) is 37.4 Å². The Kier molecular flexibility index (Phi) is 9.86. The molecule has 0 saturated carbocycles. The maximum absolute atomic E-state index is 14.0. The fraction of sp³-hybridized carbons (Fsp3) is 0.486. The molecule has 2 aliphatic rings. The van der Waals surface area contributed by atoms with Gasteiger partial charge >= 0.3 is 6.03 Å². The van der Waals surface area contributed by atoms with Crippen molar-refractivity contribution in [1.29, 1.82) is 0 Å². The molecular formula is C35H46N6O4S. The van der Waals surface area contributed by atoms with Crippen molar-refractivity contribution < 1.29 is 19.1 Å². The van der Waals surface area contributed by atoms with E-state index < -0.39 is 11.6 Å². The molecular weight excluding hydrogens is 600 g/mol. The molecule has 0 spiro atoms. The van der Waals surface area contributed by atoms with Gasteiger partial charge in [0.1, 0.15) is 10.5 Å². The smallest absolute Gasteiger partial charge is 0.324 e. The van der Waals surface area contributed by atoms with Crippen LogP contribution in [0.25, 0.3) is 11.1 Å². The summed E-state index contributed by atoms with van der Waals surface area (Å²) in [7, 11) is 1.75. The number of ether oxygens (including phenoxy) is 1. The van der Waals surface area contributed by atoms with Gasteiger partial charge in [-0.25, -0.2) is 4.79 Å². The minimum atomic E-state index is -1.00. The molecule has 2 saturated heterocycles. The number of likely N-dealkylation sites (N-methyl/N-ethyl adjacent to an activating group) is 1. The number of urea groups is 1. The largest absolute Gasteiger partial charge is 0.379 e. The highest BCUT2D eigenvalue weighted by atomic mass is 32.1. The summed E-state index contributed by atoms with van der Waals surface area (Å²) >= 11 is 1.41. The van der Waals surface area contributed by atoms with Crippen molar-refractivity contribution in [2.75, 3.05) is 57.1 Å². The lowest BCUT2D eigenvalue weighted by atomic mass is 9.88. The highest BCUT2D eigenvalue weighted by molar-refractivity contribution is 7.16. The fourth-order valence-electron chi connectivity index (χ4n) is 5.81. The summed E-state index contributed by atoms with van der Waals surface area (Å²) in [4.78, 5) is 51.7. The predicted molar refractivity (Wildman–Crippen MR) is 184 cm³/mol. The van der Waals surface area contributed by atoms with Crippen LogP contribution in [0.15, 0.2) is 42.6 Å². The fourth-order valence-corrected chi connectivity index (χ4v) is 7.02. The Hall–Kier alpha value is -3.80. The van der Waals surface area contributed by atoms with Crippen molar-refractivity contribution in [1.82, 2.24) is 19.7 Å². The highest BCUT2D eigenvalue weighted by Crippen LogP contribution is 2.40. The Morgan fingerprint density at radius 2 is 1.78 bits per heavy atom. The Morgan fingerprint density at radius 3 is 2.46 bits per heavy atom. The maximum atomic E-state index is 14.0. The summed E-state index contributed by atoms with van der Waals surface area (Å²) in [6, 6.07) is 11.3. The van der Waals surface area contributed by atoms with Gasteiger partial charge in [-0.1, -0.05) is 32.9 Å². The van der Waals surface area contributed by atoms with E-state index in [1.54, 1.807) is 30.7 Å². The van der Waals surface area contributed by atoms with Gasteiger partial charge in [0.15, 0.2) is 0 Å². The van der Waals surface area contributed by atoms with Crippen LogP contribution >= 0.6 is 11.3 Å². The number of piperazine rings is 1. The van der Waals surface area contributed by atoms with Gasteiger partial charge in [0.05, 0.1) is 24.5 Å². The molecule has 246 valence electrons. The highest BCUT2D eigenvalue weighted by Gasteiger charge is 2.44. The van der Waals surface area contributed by atoms with Crippen LogP contribution in [0.5, 0.6) is 0 Å². The average molecular weight is 647 g/mol. The van der Waals surface area contributed by atoms with Gasteiger partial charge in [0.25, 0.3) is 5.91 Å². The van der Waals surface area contributed by atoms with Crippen molar-refractivity contribution in [3.05, 3.63) is 64.3 Å². The van der Waals surface area contributed by atoms with Crippen molar-refractivity contribution in [3.63, 3.8) is 0 Å². The third-order valence-electron chi connectivity index (χ3n) is 9.31. The number of carbonyl (C=O) groups is 3. The van der Waals surface area contributed by atoms with Crippen LogP contribution < -0.4 is 10.6 Å². The molecule has 2 N–H and O–H groups in total. The van der Waals surface area contributed by atoms with E-state index in [0.29, 0.717) is 29.3 Å². The molecule has 2 fully saturated rings. The minimum absolute atomic E-state index is 0.110. The van der Waals surface area contributed by atoms with Crippen LogP contribution in [0.3, 0.4) is 0 Å². The average Bonchev–Trinajstić information content (AvgIpc) is 3.46. The number of benzene rings is 1. The number of aromatic nitrogens is 1. The Morgan fingerprint density at radius 1 is 1.04 bits per heavy atom. The number of anilines is 2. The van der Waals surface area contributed by atoms with Crippen LogP contribution in [0.1, 0.15) is 67.5 Å². The van der Waals surface area contributed by atoms with E-state index in [1.165, 1.54) is 11.3 Å². The van der Waals surface area contributed by atoms with Crippen molar-refractivity contribution in [2.45, 2.75) is 65.5 Å². The molecule has 5 rings (SSSR count). The molecule has 46 heavy (non-hydrogen) atoms. The number of pyridine rings is 1. The number of amides is 4. The SMILES string of the molecule is CCC(C)(C)c1cc(C(=O)N2CCN(C)C(=O)C2(C)C)c(NC(=O)Nc2ccc(C)c(-c3ccc(CN4CCOCC4)nc3)c2)s1. The number of thiophene rings is 1. The standard InChI is InChI=1S/C35H46N6O4S/c1-8-34(3,4)29-20-28(31(42)41-14-13-39(7)32(43)35(41,5)6)30(46-29)38-33(44)37-25-11-9-23(2)27(19-25)24-10-12-26(36-21-24)22-40-15-17-45-18-16-40/h9-12,19-21H,8,13-18,22H2,1-7H3,(H2,37,38,44). The Labute approximate surface area is 276 Å². The number of hydrogen-bond donors (Lipinski definition) is 2. The number of carbonyl (C=O) groups excluding carboxylic acids is 3. The lowest BCUT2D eigenvalue weighted by Crippen LogP contribution is -2.63. The first-order valence-corrected chi connectivity index (χ1v) is 16.8. The first-order chi connectivity index (χ1) is 21.8. The molecule has 0 bridgehead atoms. The van der Waals surface area contributed by atoms with Gasteiger partial charge in [0.2, 0.25) is 5.91 Å². The van der Waals surface area contributed by atoms with Gasteiger partial charge < -0.3 is 19.9 Å². The van der Waals surface area contributed by atoms with Crippen LogP contribution in [-0.2, 0) is 21.5 Å². The molecule has 0 unspecified atom stereocenters. The molecule has 4 heterocycles. The van der Waals surface area contributed by atoms with E-state index in [0.717, 1.165) is 66.5 Å². The van der Waals surface area contributed by atoms with Gasteiger partial charge in [-0.15, -0.1) is 11.3 Å². The van der Waals surface area contributed by atoms with Crippen LogP contribution in [0.2, 0.25) is 0 Å². The molecule has 11 heteroatoms. The molecule has 3 aromatic rings. The topological polar surface area (TPSA) is 107 Å². The second kappa shape index (κ2) is 13.5. The number of nitrogens with zero attached hydrogens (tertiary/aromatic N) is 4. The molecule has 1 aromatic carbocycles. The van der Waals surface area contributed by atoms with Crippen molar-refractivity contribution in [2.24, 2.45) is 0 Å². The zero-order valence-electron chi connectivity index (χ0n) is 28.0. The summed E-state index contributed by atoms with van der Waals surface area (Å²) in [5.74, 6) is -0.376. The van der Waals surface area contributed by atoms with Crippen LogP contribution in [0.4, 0.5) is 15.5 Å². The minimum Gasteiger partial charge on any atom is -0.379 e. The van der Waals surface area contributed by atoms with Crippen molar-refractivity contribution in [3.8, 4) is 11.1 Å². The van der Waals surface area contributed by atoms with E-state index in [-0.39, 0.29) is 17.2 Å². The van der Waals surface area contributed by atoms with Crippen molar-refractivity contribution >= 4 is 39.9 Å². The first kappa shape index (κ1) is 33.6. The number of hydrogen-bond acceptors (Lipinski definition) is 7. The van der Waals surface area contributed by atoms with Crippen LogP contribution in [0, 0.1) is 6.92 Å². The van der Waals surface area contributed by atoms with E-state index in [2.05, 4.69) is 48.4 Å². The predicted octanol–water partition coefficient (Wildman–Crippen LogP) is 5.98. The normalized spacial score (nSPS) is 17.2. The zero-order chi connectivity index (χ0) is 33.2. The third-order valence-corrected chi connectivity index (χ3v) is 10.7. The number of rotatable bonds is 8. The molecule has 10 nitrogen and oxygen atoms in total. The van der Waals surface area contributed by atoms with Gasteiger partial charge in [-0.05, 0) is 68.0 Å². The van der Waals surface area contributed by atoms with E-state index in [9.17, 15) is 14.4 Å². The van der Waals surface area contributed by atoms with E-state index >= 15 is 0 Å². The van der Waals surface area contributed by atoms with Gasteiger partial charge in [-0.3, -0.25) is 24.8 Å². The van der Waals surface area contributed by atoms with Crippen LogP contribution in [-0.4, -0.2) is 89.5 Å². The quantitative estimate of drug-likeness (QED) is 0.312. The monoisotopic (exact) mass is 646 g/mol. The first-order valence-electron chi connectivity index (χ1n) is 16.0. The molecule has 4 amide bonds. The lowest BCUT2D eigenvalue weighted by Gasteiger charge is -2.44. The van der Waals surface area contributed by atoms with Gasteiger partial charge in [0, 0.05) is 62.1 Å². The second-order valence-corrected chi connectivity index (χ2v) is 14.4. The molecule has 0 radical (unpaired) electrons. The Balaban J connectivity index is 1.34. The molecule has 0 atom stereocenters. The number of aryl methyl sites for hydroxylation is 1. The van der Waals surface area contributed by atoms with E-state index in [4.69, 9.17) is 9.72 Å². The second-order valence-electron chi connectivity index (χ2n) is 13.4. The summed E-state index contributed by atoms with van der Waals surface area (Å²) in [6.07, 6.45) is 2.74. The third kappa shape index (κ3) is 7.11. The summed E-state index contributed by atoms with van der Waals surface area (Å²) in [5, 5.41) is 6.39. The summed E-state index contributed by atoms with van der Waals surface area (Å²) < 4.78 is 5.45. The molecule has 2 aliphatic heterocycles. The molecule has 2 aromatic heterocycles. The molecule has 0 aliphatic carbocycles. The zero-order valence-corrected chi connectivity index (χ0v) is 28.8. The summed E-state index contributed by atoms with van der Waals surface area (Å²) in [6.45, 7) is 16.9. The van der Waals surface area contributed by atoms with Gasteiger partial charge in [-0.2, -0.15) is 0 Å². The Bertz CT molecular complexity index is 1590. The number of nitrogens with one attached hydrogen (secondary N) is 2. The number of morpholine rings is 1. The maximum Gasteiger partial charge on any atom is 0.324 e.